The van der Waals surface area contributed by atoms with Gasteiger partial charge in [-0.15, -0.1) is 0 Å². The third kappa shape index (κ3) is 3.43. The SMILES string of the molecule is O=S(=O)(c1ccccc1F)N1CCN(c2cc(-n3cccc3)ncn2)CC1. The zero-order chi connectivity index (χ0) is 18.9. The highest BCUT2D eigenvalue weighted by molar-refractivity contribution is 7.89. The minimum atomic E-state index is -3.85. The topological polar surface area (TPSA) is 71.3 Å². The van der Waals surface area contributed by atoms with Crippen LogP contribution in [0.1, 0.15) is 0 Å². The second-order valence-electron chi connectivity index (χ2n) is 6.15. The molecule has 7 nitrogen and oxygen atoms in total. The zero-order valence-electron chi connectivity index (χ0n) is 14.4. The van der Waals surface area contributed by atoms with Gasteiger partial charge >= 0.3 is 0 Å². The highest BCUT2D eigenvalue weighted by atomic mass is 32.2. The van der Waals surface area contributed by atoms with Crippen molar-refractivity contribution in [2.45, 2.75) is 4.90 Å². The monoisotopic (exact) mass is 387 g/mol. The minimum absolute atomic E-state index is 0.263. The number of benzene rings is 1. The van der Waals surface area contributed by atoms with Crippen molar-refractivity contribution in [1.29, 1.82) is 0 Å². The molecule has 0 spiro atoms. The normalized spacial score (nSPS) is 15.8. The van der Waals surface area contributed by atoms with Gasteiger partial charge < -0.3 is 9.47 Å². The van der Waals surface area contributed by atoms with Crippen molar-refractivity contribution >= 4 is 15.8 Å². The first kappa shape index (κ1) is 17.6. The van der Waals surface area contributed by atoms with Crippen LogP contribution in [0.4, 0.5) is 10.2 Å². The Labute approximate surface area is 156 Å². The molecule has 9 heteroatoms. The van der Waals surface area contributed by atoms with E-state index in [4.69, 9.17) is 0 Å². The number of halogens is 1. The fraction of sp³-hybridized carbons (Fsp3) is 0.222. The van der Waals surface area contributed by atoms with Gasteiger partial charge in [0.05, 0.1) is 0 Å². The fourth-order valence-corrected chi connectivity index (χ4v) is 4.58. The first-order valence-corrected chi connectivity index (χ1v) is 9.95. The van der Waals surface area contributed by atoms with Gasteiger partial charge in [0.1, 0.15) is 28.7 Å². The van der Waals surface area contributed by atoms with E-state index >= 15 is 0 Å². The Hall–Kier alpha value is -2.78. The van der Waals surface area contributed by atoms with Crippen LogP contribution in [0.3, 0.4) is 0 Å². The summed E-state index contributed by atoms with van der Waals surface area (Å²) in [6.45, 7) is 1.46. The summed E-state index contributed by atoms with van der Waals surface area (Å²) >= 11 is 0. The predicted molar refractivity (Wildman–Crippen MR) is 98.7 cm³/mol. The van der Waals surface area contributed by atoms with Gasteiger partial charge in [-0.25, -0.2) is 22.8 Å². The number of sulfonamides is 1. The third-order valence-electron chi connectivity index (χ3n) is 4.52. The minimum Gasteiger partial charge on any atom is -0.354 e. The van der Waals surface area contributed by atoms with E-state index < -0.39 is 15.8 Å². The highest BCUT2D eigenvalue weighted by Crippen LogP contribution is 2.22. The number of nitrogens with zero attached hydrogens (tertiary/aromatic N) is 5. The summed E-state index contributed by atoms with van der Waals surface area (Å²) in [5.74, 6) is 0.746. The molecule has 0 atom stereocenters. The van der Waals surface area contributed by atoms with Crippen LogP contribution in [-0.4, -0.2) is 53.4 Å². The molecule has 2 aromatic heterocycles. The Kier molecular flexibility index (Phi) is 4.63. The van der Waals surface area contributed by atoms with Crippen molar-refractivity contribution in [2.75, 3.05) is 31.1 Å². The molecule has 3 aromatic rings. The first-order chi connectivity index (χ1) is 13.1. The third-order valence-corrected chi connectivity index (χ3v) is 6.46. The zero-order valence-corrected chi connectivity index (χ0v) is 15.3. The Bertz CT molecular complexity index is 1030. The van der Waals surface area contributed by atoms with E-state index in [9.17, 15) is 12.8 Å². The Morgan fingerprint density at radius 2 is 1.56 bits per heavy atom. The molecule has 1 fully saturated rings. The molecule has 0 amide bonds. The molecule has 4 rings (SSSR count). The molecule has 0 bridgehead atoms. The predicted octanol–water partition coefficient (Wildman–Crippen LogP) is 1.92. The summed E-state index contributed by atoms with van der Waals surface area (Å²) < 4.78 is 42.5. The molecule has 0 saturated carbocycles. The lowest BCUT2D eigenvalue weighted by Crippen LogP contribution is -2.49. The van der Waals surface area contributed by atoms with Gasteiger partial charge in [-0.3, -0.25) is 0 Å². The van der Waals surface area contributed by atoms with Crippen LogP contribution in [0.15, 0.2) is 66.1 Å². The summed E-state index contributed by atoms with van der Waals surface area (Å²) in [7, 11) is -3.85. The van der Waals surface area contributed by atoms with Gasteiger partial charge in [0.15, 0.2) is 0 Å². The Balaban J connectivity index is 1.50. The Morgan fingerprint density at radius 1 is 0.889 bits per heavy atom. The summed E-state index contributed by atoms with van der Waals surface area (Å²) in [4.78, 5) is 10.3. The molecule has 0 aliphatic carbocycles. The second kappa shape index (κ2) is 7.09. The highest BCUT2D eigenvalue weighted by Gasteiger charge is 2.30. The smallest absolute Gasteiger partial charge is 0.246 e. The van der Waals surface area contributed by atoms with E-state index in [1.807, 2.05) is 40.1 Å². The lowest BCUT2D eigenvalue weighted by molar-refractivity contribution is 0.381. The van der Waals surface area contributed by atoms with E-state index in [1.165, 1.54) is 28.8 Å². The summed E-state index contributed by atoms with van der Waals surface area (Å²) in [6, 6.07) is 11.1. The molecule has 1 saturated heterocycles. The van der Waals surface area contributed by atoms with Crippen LogP contribution in [-0.2, 0) is 10.0 Å². The van der Waals surface area contributed by atoms with Crippen LogP contribution in [0.25, 0.3) is 5.82 Å². The van der Waals surface area contributed by atoms with Crippen molar-refractivity contribution in [3.63, 3.8) is 0 Å². The molecule has 1 aromatic carbocycles. The van der Waals surface area contributed by atoms with Crippen molar-refractivity contribution in [2.24, 2.45) is 0 Å². The molecule has 0 radical (unpaired) electrons. The maximum atomic E-state index is 13.9. The quantitative estimate of drug-likeness (QED) is 0.684. The molecule has 27 heavy (non-hydrogen) atoms. The van der Waals surface area contributed by atoms with Crippen LogP contribution < -0.4 is 4.90 Å². The Morgan fingerprint density at radius 3 is 2.26 bits per heavy atom. The molecule has 1 aliphatic heterocycles. The van der Waals surface area contributed by atoms with Crippen molar-refractivity contribution in [1.82, 2.24) is 18.8 Å². The number of rotatable bonds is 4. The summed E-state index contributed by atoms with van der Waals surface area (Å²) in [6.07, 6.45) is 5.28. The maximum Gasteiger partial charge on any atom is 0.246 e. The fourth-order valence-electron chi connectivity index (χ4n) is 3.09. The van der Waals surface area contributed by atoms with Crippen LogP contribution >= 0.6 is 0 Å². The van der Waals surface area contributed by atoms with Gasteiger partial charge in [0.25, 0.3) is 0 Å². The van der Waals surface area contributed by atoms with E-state index in [0.717, 1.165) is 17.7 Å². The van der Waals surface area contributed by atoms with Crippen molar-refractivity contribution in [3.05, 3.63) is 67.0 Å². The maximum absolute atomic E-state index is 13.9. The average molecular weight is 387 g/mol. The lowest BCUT2D eigenvalue weighted by atomic mass is 10.3. The average Bonchev–Trinajstić information content (AvgIpc) is 3.23. The van der Waals surface area contributed by atoms with Gasteiger partial charge in [0.2, 0.25) is 10.0 Å². The van der Waals surface area contributed by atoms with Gasteiger partial charge in [-0.1, -0.05) is 12.1 Å². The molecule has 1 aliphatic rings. The van der Waals surface area contributed by atoms with E-state index in [2.05, 4.69) is 9.97 Å². The van der Waals surface area contributed by atoms with Crippen LogP contribution in [0, 0.1) is 5.82 Å². The largest absolute Gasteiger partial charge is 0.354 e. The summed E-state index contributed by atoms with van der Waals surface area (Å²) in [5, 5.41) is 0. The molecular weight excluding hydrogens is 369 g/mol. The molecule has 0 N–H and O–H groups in total. The molecule has 0 unspecified atom stereocenters. The van der Waals surface area contributed by atoms with Crippen LogP contribution in [0.2, 0.25) is 0 Å². The number of piperazine rings is 1. The van der Waals surface area contributed by atoms with Crippen molar-refractivity contribution < 1.29 is 12.8 Å². The molecule has 3 heterocycles. The van der Waals surface area contributed by atoms with Crippen molar-refractivity contribution in [3.8, 4) is 5.82 Å². The second-order valence-corrected chi connectivity index (χ2v) is 8.05. The standard InChI is InChI=1S/C18H18FN5O2S/c19-15-5-1-2-6-16(15)27(25,26)24-11-9-23(10-12-24)18-13-17(20-14-21-18)22-7-3-4-8-22/h1-8,13-14H,9-12H2. The lowest BCUT2D eigenvalue weighted by Gasteiger charge is -2.34. The molecule has 140 valence electrons. The van der Waals surface area contributed by atoms with E-state index in [1.54, 1.807) is 0 Å². The summed E-state index contributed by atoms with van der Waals surface area (Å²) in [5.41, 5.74) is 0. The number of hydrogen-bond acceptors (Lipinski definition) is 5. The van der Waals surface area contributed by atoms with Gasteiger partial charge in [-0.2, -0.15) is 4.31 Å². The van der Waals surface area contributed by atoms with Gasteiger partial charge in [-0.05, 0) is 24.3 Å². The van der Waals surface area contributed by atoms with E-state index in [0.29, 0.717) is 13.1 Å². The number of hydrogen-bond donors (Lipinski definition) is 0. The van der Waals surface area contributed by atoms with Gasteiger partial charge in [0, 0.05) is 44.6 Å². The number of aromatic nitrogens is 3. The number of anilines is 1. The molecular formula is C18H18FN5O2S. The van der Waals surface area contributed by atoms with Crippen LogP contribution in [0.5, 0.6) is 0 Å². The van der Waals surface area contributed by atoms with E-state index in [-0.39, 0.29) is 18.0 Å². The first-order valence-electron chi connectivity index (χ1n) is 8.51.